The van der Waals surface area contributed by atoms with Crippen molar-refractivity contribution < 1.29 is 24.1 Å². The highest BCUT2D eigenvalue weighted by Crippen LogP contribution is 2.48. The molecule has 1 unspecified atom stereocenters. The molecule has 0 aliphatic heterocycles. The Morgan fingerprint density at radius 1 is 0.676 bits per heavy atom. The van der Waals surface area contributed by atoms with Crippen LogP contribution >= 0.6 is 0 Å². The third kappa shape index (κ3) is 4.95. The van der Waals surface area contributed by atoms with Gasteiger partial charge in [-0.25, -0.2) is 0 Å². The minimum absolute atomic E-state index is 0.395. The van der Waals surface area contributed by atoms with Gasteiger partial charge in [0.05, 0.1) is 31.1 Å². The van der Waals surface area contributed by atoms with Crippen molar-refractivity contribution in [1.29, 1.82) is 0 Å². The van der Waals surface area contributed by atoms with Crippen molar-refractivity contribution in [3.05, 3.63) is 95.6 Å². The molecule has 1 N–H and O–H groups in total. The number of rotatable bonds is 10. The van der Waals surface area contributed by atoms with Gasteiger partial charge in [-0.05, 0) is 35.7 Å². The lowest BCUT2D eigenvalue weighted by Crippen LogP contribution is -2.05. The van der Waals surface area contributed by atoms with Gasteiger partial charge in [-0.15, -0.1) is 0 Å². The van der Waals surface area contributed by atoms with Gasteiger partial charge < -0.3 is 24.1 Å². The van der Waals surface area contributed by atoms with Crippen LogP contribution in [0, 0.1) is 0 Å². The number of hydrogen-bond acceptors (Lipinski definition) is 5. The molecule has 4 rings (SSSR count). The second-order valence-corrected chi connectivity index (χ2v) is 7.99. The average molecular weight is 459 g/mol. The molecule has 176 valence electrons. The molecule has 1 atom stereocenters. The minimum atomic E-state index is -0.705. The molecule has 0 spiro atoms. The highest BCUT2D eigenvalue weighted by molar-refractivity contribution is 6.03. The Kier molecular flexibility index (Phi) is 7.55. The van der Waals surface area contributed by atoms with Crippen LogP contribution in [0.15, 0.2) is 78.9 Å². The van der Waals surface area contributed by atoms with E-state index in [-0.39, 0.29) is 0 Å². The van der Waals surface area contributed by atoms with Crippen molar-refractivity contribution >= 4 is 10.8 Å². The molecular weight excluding hydrogens is 428 g/mol. The molecular formula is C29H30O5. The Labute approximate surface area is 200 Å². The molecule has 0 bridgehead atoms. The molecule has 34 heavy (non-hydrogen) atoms. The van der Waals surface area contributed by atoms with Crippen molar-refractivity contribution in [2.45, 2.75) is 32.7 Å². The van der Waals surface area contributed by atoms with Crippen LogP contribution in [-0.4, -0.2) is 19.3 Å². The molecule has 0 saturated carbocycles. The van der Waals surface area contributed by atoms with Crippen LogP contribution in [0.5, 0.6) is 23.0 Å². The van der Waals surface area contributed by atoms with E-state index >= 15 is 0 Å². The van der Waals surface area contributed by atoms with Crippen molar-refractivity contribution in [3.63, 3.8) is 0 Å². The lowest BCUT2D eigenvalue weighted by molar-refractivity contribution is 0.169. The van der Waals surface area contributed by atoms with Gasteiger partial charge >= 0.3 is 0 Å². The molecule has 0 heterocycles. The minimum Gasteiger partial charge on any atom is -0.496 e. The van der Waals surface area contributed by atoms with E-state index in [0.717, 1.165) is 16.5 Å². The molecule has 0 aliphatic carbocycles. The van der Waals surface area contributed by atoms with Gasteiger partial charge in [0.2, 0.25) is 0 Å². The summed E-state index contributed by atoms with van der Waals surface area (Å²) >= 11 is 0. The van der Waals surface area contributed by atoms with E-state index in [4.69, 9.17) is 18.9 Å². The summed E-state index contributed by atoms with van der Waals surface area (Å²) in [5.74, 6) is 2.43. The molecule has 4 aromatic carbocycles. The number of aliphatic hydroxyl groups excluding tert-OH is 1. The van der Waals surface area contributed by atoms with Gasteiger partial charge in [0.1, 0.15) is 36.2 Å². The van der Waals surface area contributed by atoms with Crippen LogP contribution in [0.25, 0.3) is 10.8 Å². The van der Waals surface area contributed by atoms with Gasteiger partial charge in [0.25, 0.3) is 0 Å². The Morgan fingerprint density at radius 3 is 1.68 bits per heavy atom. The van der Waals surface area contributed by atoms with E-state index in [2.05, 4.69) is 0 Å². The van der Waals surface area contributed by atoms with Gasteiger partial charge in [-0.2, -0.15) is 0 Å². The summed E-state index contributed by atoms with van der Waals surface area (Å²) < 4.78 is 24.1. The normalized spacial score (nSPS) is 11.8. The smallest absolute Gasteiger partial charge is 0.136 e. The quantitative estimate of drug-likeness (QED) is 0.296. The van der Waals surface area contributed by atoms with Crippen molar-refractivity contribution in [2.75, 3.05) is 14.2 Å². The summed E-state index contributed by atoms with van der Waals surface area (Å²) in [6.45, 7) is 2.73. The van der Waals surface area contributed by atoms with E-state index in [0.29, 0.717) is 53.6 Å². The van der Waals surface area contributed by atoms with Gasteiger partial charge in [0, 0.05) is 5.56 Å². The summed E-state index contributed by atoms with van der Waals surface area (Å²) in [7, 11) is 3.22. The van der Waals surface area contributed by atoms with Crippen molar-refractivity contribution in [2.24, 2.45) is 0 Å². The first kappa shape index (κ1) is 23.5. The zero-order valence-corrected chi connectivity index (χ0v) is 19.8. The number of methoxy groups -OCH3 is 2. The monoisotopic (exact) mass is 458 g/mol. The summed E-state index contributed by atoms with van der Waals surface area (Å²) in [6.07, 6.45) is -0.167. The zero-order valence-electron chi connectivity index (χ0n) is 19.8. The summed E-state index contributed by atoms with van der Waals surface area (Å²) in [4.78, 5) is 0. The average Bonchev–Trinajstić information content (AvgIpc) is 2.90. The maximum absolute atomic E-state index is 10.7. The Balaban J connectivity index is 1.85. The summed E-state index contributed by atoms with van der Waals surface area (Å²) in [5.41, 5.74) is 2.76. The van der Waals surface area contributed by atoms with Crippen LogP contribution < -0.4 is 18.9 Å². The fraction of sp³-hybridized carbons (Fsp3) is 0.241. The first-order valence-corrected chi connectivity index (χ1v) is 11.4. The maximum Gasteiger partial charge on any atom is 0.136 e. The van der Waals surface area contributed by atoms with Crippen molar-refractivity contribution in [1.82, 2.24) is 0 Å². The fourth-order valence-corrected chi connectivity index (χ4v) is 4.02. The molecule has 5 nitrogen and oxygen atoms in total. The lowest BCUT2D eigenvalue weighted by Gasteiger charge is -2.22. The molecule has 0 saturated heterocycles. The third-order valence-corrected chi connectivity index (χ3v) is 5.80. The van der Waals surface area contributed by atoms with Crippen molar-refractivity contribution in [3.8, 4) is 23.0 Å². The molecule has 0 radical (unpaired) electrons. The summed E-state index contributed by atoms with van der Waals surface area (Å²) in [6, 6.07) is 25.6. The number of benzene rings is 4. The Morgan fingerprint density at radius 2 is 1.21 bits per heavy atom. The van der Waals surface area contributed by atoms with Gasteiger partial charge in [-0.3, -0.25) is 0 Å². The third-order valence-electron chi connectivity index (χ3n) is 5.80. The SMILES string of the molecule is CCC(O)c1cc(OC)c2c(OCc3ccccc3)ccc(OCc3ccccc3)c2c1OC. The second kappa shape index (κ2) is 10.9. The highest BCUT2D eigenvalue weighted by Gasteiger charge is 2.24. The number of aliphatic hydroxyl groups is 1. The van der Waals surface area contributed by atoms with Crippen LogP contribution in [0.3, 0.4) is 0 Å². The van der Waals surface area contributed by atoms with E-state index in [1.807, 2.05) is 85.8 Å². The van der Waals surface area contributed by atoms with Gasteiger partial charge in [0.15, 0.2) is 0 Å². The van der Waals surface area contributed by atoms with E-state index in [9.17, 15) is 5.11 Å². The summed E-state index contributed by atoms with van der Waals surface area (Å²) in [5, 5.41) is 12.2. The molecule has 0 fully saturated rings. The first-order chi connectivity index (χ1) is 16.7. The first-order valence-electron chi connectivity index (χ1n) is 11.4. The Bertz CT molecular complexity index is 1220. The van der Waals surface area contributed by atoms with Gasteiger partial charge in [-0.1, -0.05) is 67.6 Å². The van der Waals surface area contributed by atoms with Crippen LogP contribution in [0.2, 0.25) is 0 Å². The fourth-order valence-electron chi connectivity index (χ4n) is 4.02. The van der Waals surface area contributed by atoms with E-state index < -0.39 is 6.10 Å². The topological polar surface area (TPSA) is 57.2 Å². The molecule has 0 aliphatic rings. The molecule has 0 amide bonds. The van der Waals surface area contributed by atoms with E-state index in [1.54, 1.807) is 14.2 Å². The molecule has 4 aromatic rings. The predicted octanol–water partition coefficient (Wildman–Crippen LogP) is 6.46. The van der Waals surface area contributed by atoms with E-state index in [1.165, 1.54) is 0 Å². The maximum atomic E-state index is 10.7. The standard InChI is InChI=1S/C29H30O5/c1-4-23(30)22-17-26(31-2)27-24(33-18-20-11-7-5-8-12-20)15-16-25(28(27)29(22)32-3)34-19-21-13-9-6-10-14-21/h5-17,23,30H,4,18-19H2,1-3H3. The number of hydrogen-bond donors (Lipinski definition) is 1. The van der Waals surface area contributed by atoms with Crippen LogP contribution in [0.1, 0.15) is 36.1 Å². The number of fused-ring (bicyclic) bond motifs is 1. The Hall–Kier alpha value is -3.70. The zero-order chi connectivity index (χ0) is 23.9. The number of ether oxygens (including phenoxy) is 4. The largest absolute Gasteiger partial charge is 0.496 e. The lowest BCUT2D eigenvalue weighted by atomic mass is 9.98. The molecule has 5 heteroatoms. The predicted molar refractivity (Wildman–Crippen MR) is 134 cm³/mol. The van der Waals surface area contributed by atoms with Crippen LogP contribution in [-0.2, 0) is 13.2 Å². The second-order valence-electron chi connectivity index (χ2n) is 7.99. The molecule has 0 aromatic heterocycles. The highest BCUT2D eigenvalue weighted by atomic mass is 16.5. The van der Waals surface area contributed by atoms with Crippen LogP contribution in [0.4, 0.5) is 0 Å².